The highest BCUT2D eigenvalue weighted by atomic mass is 19.1. The molecule has 2 aromatic rings. The first-order valence-corrected chi connectivity index (χ1v) is 9.40. The Morgan fingerprint density at radius 3 is 2.15 bits per heavy atom. The van der Waals surface area contributed by atoms with Gasteiger partial charge in [-0.2, -0.15) is 0 Å². The average Bonchev–Trinajstić information content (AvgIpc) is 2.60. The highest BCUT2D eigenvalue weighted by molar-refractivity contribution is 5.94. The van der Waals surface area contributed by atoms with Crippen molar-refractivity contribution in [3.05, 3.63) is 71.5 Å². The van der Waals surface area contributed by atoms with Crippen molar-refractivity contribution in [2.45, 2.75) is 40.5 Å². The molecule has 2 rings (SSSR count). The van der Waals surface area contributed by atoms with E-state index < -0.39 is 0 Å². The van der Waals surface area contributed by atoms with Crippen molar-refractivity contribution in [2.24, 2.45) is 17.3 Å². The Morgan fingerprint density at radius 2 is 1.62 bits per heavy atom. The van der Waals surface area contributed by atoms with Gasteiger partial charge in [0.15, 0.2) is 0 Å². The minimum atomic E-state index is -0.332. The molecule has 0 heterocycles. The number of hydrogen-bond donors (Lipinski definition) is 1. The first-order chi connectivity index (χ1) is 12.3. The van der Waals surface area contributed by atoms with Crippen molar-refractivity contribution >= 4 is 5.91 Å². The SMILES string of the molecule is CC(C)CC(CNC(=O)c1ccc(F)cc1)(Cc1ccccc1)C(C)C. The fourth-order valence-electron chi connectivity index (χ4n) is 3.63. The number of rotatable bonds is 8. The number of hydrogen-bond acceptors (Lipinski definition) is 1. The Bertz CT molecular complexity index is 694. The molecule has 0 saturated carbocycles. The highest BCUT2D eigenvalue weighted by Gasteiger charge is 2.35. The van der Waals surface area contributed by atoms with Crippen LogP contribution in [0.15, 0.2) is 54.6 Å². The summed E-state index contributed by atoms with van der Waals surface area (Å²) in [4.78, 5) is 12.5. The Balaban J connectivity index is 2.19. The second-order valence-electron chi connectivity index (χ2n) is 7.97. The Labute approximate surface area is 156 Å². The fraction of sp³-hybridized carbons (Fsp3) is 0.435. The number of benzene rings is 2. The van der Waals surface area contributed by atoms with Crippen LogP contribution in [0.3, 0.4) is 0 Å². The summed E-state index contributed by atoms with van der Waals surface area (Å²) in [6.45, 7) is 9.52. The van der Waals surface area contributed by atoms with Crippen molar-refractivity contribution in [1.82, 2.24) is 5.32 Å². The van der Waals surface area contributed by atoms with Crippen LogP contribution in [0.4, 0.5) is 4.39 Å². The maximum Gasteiger partial charge on any atom is 0.251 e. The van der Waals surface area contributed by atoms with E-state index in [1.807, 2.05) is 6.07 Å². The van der Waals surface area contributed by atoms with Gasteiger partial charge in [-0.1, -0.05) is 58.0 Å². The van der Waals surface area contributed by atoms with Crippen LogP contribution in [0.1, 0.15) is 50.0 Å². The molecule has 1 N–H and O–H groups in total. The van der Waals surface area contributed by atoms with Crippen LogP contribution < -0.4 is 5.32 Å². The predicted octanol–water partition coefficient (Wildman–Crippen LogP) is 5.49. The summed E-state index contributed by atoms with van der Waals surface area (Å²) in [5.41, 5.74) is 1.76. The molecule has 1 amide bonds. The van der Waals surface area contributed by atoms with Gasteiger partial charge in [0, 0.05) is 12.1 Å². The van der Waals surface area contributed by atoms with Crippen LogP contribution in [0.25, 0.3) is 0 Å². The Morgan fingerprint density at radius 1 is 1.00 bits per heavy atom. The smallest absolute Gasteiger partial charge is 0.251 e. The molecule has 0 aliphatic heterocycles. The summed E-state index contributed by atoms with van der Waals surface area (Å²) in [7, 11) is 0. The maximum absolute atomic E-state index is 13.1. The van der Waals surface area contributed by atoms with Crippen LogP contribution in [0.2, 0.25) is 0 Å². The van der Waals surface area contributed by atoms with Crippen molar-refractivity contribution < 1.29 is 9.18 Å². The molecule has 0 radical (unpaired) electrons. The van der Waals surface area contributed by atoms with Crippen LogP contribution in [-0.2, 0) is 6.42 Å². The molecule has 0 bridgehead atoms. The maximum atomic E-state index is 13.1. The molecule has 1 unspecified atom stereocenters. The second kappa shape index (κ2) is 8.98. The van der Waals surface area contributed by atoms with Crippen LogP contribution >= 0.6 is 0 Å². The summed E-state index contributed by atoms with van der Waals surface area (Å²) >= 11 is 0. The molecule has 0 aliphatic carbocycles. The molecule has 2 aromatic carbocycles. The van der Waals surface area contributed by atoms with Crippen LogP contribution in [0.5, 0.6) is 0 Å². The summed E-state index contributed by atoms with van der Waals surface area (Å²) in [5.74, 6) is 0.469. The number of halogens is 1. The van der Waals surface area contributed by atoms with Crippen LogP contribution in [-0.4, -0.2) is 12.5 Å². The van der Waals surface area contributed by atoms with Crippen LogP contribution in [0, 0.1) is 23.1 Å². The molecule has 0 fully saturated rings. The first-order valence-electron chi connectivity index (χ1n) is 9.40. The molecule has 2 nitrogen and oxygen atoms in total. The molecule has 0 spiro atoms. The number of carbonyl (C=O) groups excluding carboxylic acids is 1. The van der Waals surface area contributed by atoms with Gasteiger partial charge in [-0.15, -0.1) is 0 Å². The zero-order chi connectivity index (χ0) is 19.2. The van der Waals surface area contributed by atoms with Gasteiger partial charge in [0.1, 0.15) is 5.82 Å². The summed E-state index contributed by atoms with van der Waals surface area (Å²) in [5, 5.41) is 3.10. The van der Waals surface area contributed by atoms with E-state index in [0.717, 1.165) is 12.8 Å². The number of carbonyl (C=O) groups is 1. The van der Waals surface area contributed by atoms with Crippen molar-refractivity contribution in [1.29, 1.82) is 0 Å². The monoisotopic (exact) mass is 355 g/mol. The molecule has 0 saturated heterocycles. The van der Waals surface area contributed by atoms with E-state index in [-0.39, 0.29) is 17.1 Å². The first kappa shape index (κ1) is 20.2. The van der Waals surface area contributed by atoms with Gasteiger partial charge in [0.25, 0.3) is 5.91 Å². The quantitative estimate of drug-likeness (QED) is 0.667. The third-order valence-electron chi connectivity index (χ3n) is 5.15. The molecule has 3 heteroatoms. The van der Waals surface area contributed by atoms with E-state index in [0.29, 0.717) is 23.9 Å². The van der Waals surface area contributed by atoms with E-state index in [2.05, 4.69) is 57.3 Å². The minimum Gasteiger partial charge on any atom is -0.351 e. The normalized spacial score (nSPS) is 13.7. The lowest BCUT2D eigenvalue weighted by atomic mass is 9.68. The van der Waals surface area contributed by atoms with Gasteiger partial charge >= 0.3 is 0 Å². The van der Waals surface area contributed by atoms with Gasteiger partial charge in [0.05, 0.1) is 0 Å². The zero-order valence-electron chi connectivity index (χ0n) is 16.3. The third kappa shape index (κ3) is 5.42. The van der Waals surface area contributed by atoms with Crippen molar-refractivity contribution in [3.63, 3.8) is 0 Å². The Kier molecular flexibility index (Phi) is 6.96. The second-order valence-corrected chi connectivity index (χ2v) is 7.97. The molecular formula is C23H30FNO. The number of nitrogens with one attached hydrogen (secondary N) is 1. The van der Waals surface area contributed by atoms with E-state index in [9.17, 15) is 9.18 Å². The summed E-state index contributed by atoms with van der Waals surface area (Å²) in [6, 6.07) is 16.2. The molecule has 0 aliphatic rings. The van der Waals surface area contributed by atoms with E-state index in [1.54, 1.807) is 0 Å². The molecule has 1 atom stereocenters. The van der Waals surface area contributed by atoms with Crippen molar-refractivity contribution in [2.75, 3.05) is 6.54 Å². The lowest BCUT2D eigenvalue weighted by molar-refractivity contribution is 0.0876. The molecular weight excluding hydrogens is 325 g/mol. The highest BCUT2D eigenvalue weighted by Crippen LogP contribution is 2.38. The molecule has 140 valence electrons. The Hall–Kier alpha value is -2.16. The summed E-state index contributed by atoms with van der Waals surface area (Å²) < 4.78 is 13.1. The topological polar surface area (TPSA) is 29.1 Å². The number of amides is 1. The zero-order valence-corrected chi connectivity index (χ0v) is 16.3. The average molecular weight is 355 g/mol. The standard InChI is InChI=1S/C23H30FNO/c1-17(2)14-23(18(3)4,15-19-8-6-5-7-9-19)16-25-22(26)20-10-12-21(24)13-11-20/h5-13,17-18H,14-16H2,1-4H3,(H,25,26). The van der Waals surface area contributed by atoms with Gasteiger partial charge in [-0.05, 0) is 59.9 Å². The van der Waals surface area contributed by atoms with Gasteiger partial charge < -0.3 is 5.32 Å². The van der Waals surface area contributed by atoms with E-state index in [4.69, 9.17) is 0 Å². The molecule has 0 aromatic heterocycles. The third-order valence-corrected chi connectivity index (χ3v) is 5.15. The predicted molar refractivity (Wildman–Crippen MR) is 106 cm³/mol. The van der Waals surface area contributed by atoms with E-state index in [1.165, 1.54) is 29.8 Å². The van der Waals surface area contributed by atoms with E-state index >= 15 is 0 Å². The largest absolute Gasteiger partial charge is 0.351 e. The minimum absolute atomic E-state index is 0.0226. The van der Waals surface area contributed by atoms with Gasteiger partial charge in [-0.25, -0.2) is 4.39 Å². The van der Waals surface area contributed by atoms with Gasteiger partial charge in [0.2, 0.25) is 0 Å². The van der Waals surface area contributed by atoms with Gasteiger partial charge in [-0.3, -0.25) is 4.79 Å². The fourth-order valence-corrected chi connectivity index (χ4v) is 3.63. The summed E-state index contributed by atoms with van der Waals surface area (Å²) in [6.07, 6.45) is 1.96. The lowest BCUT2D eigenvalue weighted by Crippen LogP contribution is -2.43. The lowest BCUT2D eigenvalue weighted by Gasteiger charge is -2.40. The van der Waals surface area contributed by atoms with Crippen molar-refractivity contribution in [3.8, 4) is 0 Å². The molecule has 26 heavy (non-hydrogen) atoms.